The van der Waals surface area contributed by atoms with Crippen LogP contribution in [-0.4, -0.2) is 25.7 Å². The summed E-state index contributed by atoms with van der Waals surface area (Å²) in [6, 6.07) is 11.4. The van der Waals surface area contributed by atoms with Gasteiger partial charge in [-0.3, -0.25) is 0 Å². The summed E-state index contributed by atoms with van der Waals surface area (Å²) in [5.74, 6) is 1.33. The fourth-order valence-electron chi connectivity index (χ4n) is 1.96. The molecule has 0 amide bonds. The SMILES string of the molecule is COc1ccc(C(=O)Oc2ccc(OCCC[Si](Cl)(Cl)Cl)cc2)cc1. The zero-order valence-corrected chi connectivity index (χ0v) is 16.8. The number of carbonyl (C=O) groups is 1. The number of esters is 1. The van der Waals surface area contributed by atoms with Crippen molar-refractivity contribution >= 4 is 45.2 Å². The predicted octanol–water partition coefficient (Wildman–Crippen LogP) is 5.34. The Kier molecular flexibility index (Phi) is 7.44. The number of ether oxygens (including phenoxy) is 3. The van der Waals surface area contributed by atoms with Gasteiger partial charge in [0, 0.05) is 0 Å². The molecule has 0 saturated carbocycles. The zero-order valence-electron chi connectivity index (χ0n) is 13.5. The van der Waals surface area contributed by atoms with E-state index in [2.05, 4.69) is 0 Å². The molecule has 0 heterocycles. The Bertz CT molecular complexity index is 685. The van der Waals surface area contributed by atoms with Gasteiger partial charge < -0.3 is 14.2 Å². The predicted molar refractivity (Wildman–Crippen MR) is 103 cm³/mol. The third kappa shape index (κ3) is 7.16. The van der Waals surface area contributed by atoms with Gasteiger partial charge in [0.05, 0.1) is 19.3 Å². The molecule has 0 fully saturated rings. The monoisotopic (exact) mass is 418 g/mol. The van der Waals surface area contributed by atoms with Crippen molar-refractivity contribution in [3.05, 3.63) is 54.1 Å². The molecule has 2 aromatic carbocycles. The van der Waals surface area contributed by atoms with Crippen molar-refractivity contribution < 1.29 is 19.0 Å². The molecule has 0 atom stereocenters. The van der Waals surface area contributed by atoms with Gasteiger partial charge in [-0.05, 0) is 61.0 Å². The normalized spacial score (nSPS) is 11.0. The van der Waals surface area contributed by atoms with Crippen molar-refractivity contribution in [3.63, 3.8) is 0 Å². The largest absolute Gasteiger partial charge is 0.497 e. The molecule has 0 aliphatic rings. The first-order valence-electron chi connectivity index (χ1n) is 7.53. The summed E-state index contributed by atoms with van der Waals surface area (Å²) >= 11 is 17.4. The summed E-state index contributed by atoms with van der Waals surface area (Å²) in [5.41, 5.74) is 0.442. The van der Waals surface area contributed by atoms with Gasteiger partial charge in [-0.1, -0.05) is 0 Å². The van der Waals surface area contributed by atoms with Gasteiger partial charge in [0.15, 0.2) is 0 Å². The topological polar surface area (TPSA) is 44.8 Å². The summed E-state index contributed by atoms with van der Waals surface area (Å²) in [6.07, 6.45) is 0.678. The first-order valence-corrected chi connectivity index (χ1v) is 12.8. The molecule has 8 heteroatoms. The lowest BCUT2D eigenvalue weighted by molar-refractivity contribution is 0.0734. The Morgan fingerprint density at radius 2 is 1.48 bits per heavy atom. The molecule has 2 aromatic rings. The van der Waals surface area contributed by atoms with Crippen molar-refractivity contribution in [2.45, 2.75) is 12.5 Å². The molecule has 25 heavy (non-hydrogen) atoms. The summed E-state index contributed by atoms with van der Waals surface area (Å²) < 4.78 is 15.9. The van der Waals surface area contributed by atoms with Crippen molar-refractivity contribution in [1.82, 2.24) is 0 Å². The first-order chi connectivity index (χ1) is 11.9. The Morgan fingerprint density at radius 3 is 2.04 bits per heavy atom. The number of hydrogen-bond donors (Lipinski definition) is 0. The maximum Gasteiger partial charge on any atom is 0.343 e. The molecule has 0 spiro atoms. The fraction of sp³-hybridized carbons (Fsp3) is 0.235. The summed E-state index contributed by atoms with van der Waals surface area (Å²) in [6.45, 7) is 0.464. The van der Waals surface area contributed by atoms with E-state index >= 15 is 0 Å². The van der Waals surface area contributed by atoms with Gasteiger partial charge in [-0.15, -0.1) is 33.2 Å². The number of rotatable bonds is 8. The quantitative estimate of drug-likeness (QED) is 0.190. The molecule has 2 rings (SSSR count). The number of halogens is 3. The molecular formula is C17H17Cl3O4Si. The zero-order chi connectivity index (χ0) is 18.3. The second kappa shape index (κ2) is 9.34. The molecular weight excluding hydrogens is 403 g/mol. The van der Waals surface area contributed by atoms with E-state index in [9.17, 15) is 4.79 Å². The van der Waals surface area contributed by atoms with Crippen LogP contribution in [0.1, 0.15) is 16.8 Å². The van der Waals surface area contributed by atoms with Crippen molar-refractivity contribution in [2.75, 3.05) is 13.7 Å². The lowest BCUT2D eigenvalue weighted by atomic mass is 10.2. The summed E-state index contributed by atoms with van der Waals surface area (Å²) in [4.78, 5) is 12.1. The molecule has 0 saturated heterocycles. The van der Waals surface area contributed by atoms with Crippen molar-refractivity contribution in [3.8, 4) is 17.2 Å². The molecule has 0 aliphatic heterocycles. The average Bonchev–Trinajstić information content (AvgIpc) is 2.59. The van der Waals surface area contributed by atoms with Crippen LogP contribution >= 0.6 is 33.2 Å². The van der Waals surface area contributed by atoms with Crippen molar-refractivity contribution in [2.24, 2.45) is 0 Å². The minimum absolute atomic E-state index is 0.432. The van der Waals surface area contributed by atoms with E-state index in [1.807, 2.05) is 0 Å². The fourth-order valence-corrected chi connectivity index (χ4v) is 3.71. The minimum atomic E-state index is -2.59. The van der Waals surface area contributed by atoms with E-state index in [-0.39, 0.29) is 0 Å². The Morgan fingerprint density at radius 1 is 0.920 bits per heavy atom. The third-order valence-electron chi connectivity index (χ3n) is 3.23. The summed E-state index contributed by atoms with van der Waals surface area (Å²) in [5, 5.41) is 0. The van der Waals surface area contributed by atoms with E-state index in [1.165, 1.54) is 0 Å². The maximum absolute atomic E-state index is 12.1. The lowest BCUT2D eigenvalue weighted by Gasteiger charge is -2.10. The van der Waals surface area contributed by atoms with Gasteiger partial charge in [0.25, 0.3) is 0 Å². The standard InChI is InChI=1S/C17H17Cl3O4Si/c1-22-14-5-3-13(4-6-14)17(21)24-16-9-7-15(8-10-16)23-11-2-12-25(18,19)20/h3-10H,2,11-12H2,1H3. The molecule has 0 aliphatic carbocycles. The highest BCUT2D eigenvalue weighted by molar-refractivity contribution is 7.64. The molecule has 4 nitrogen and oxygen atoms in total. The average molecular weight is 420 g/mol. The molecule has 0 bridgehead atoms. The van der Waals surface area contributed by atoms with Crippen LogP contribution in [-0.2, 0) is 0 Å². The van der Waals surface area contributed by atoms with Crippen LogP contribution in [0.4, 0.5) is 0 Å². The van der Waals surface area contributed by atoms with Crippen LogP contribution < -0.4 is 14.2 Å². The van der Waals surface area contributed by atoms with Crippen LogP contribution in [0.25, 0.3) is 0 Å². The second-order valence-corrected chi connectivity index (χ2v) is 14.4. The number of benzene rings is 2. The second-order valence-electron chi connectivity index (χ2n) is 5.16. The summed E-state index contributed by atoms with van der Waals surface area (Å²) in [7, 11) is 1.57. The molecule has 134 valence electrons. The van der Waals surface area contributed by atoms with E-state index in [0.29, 0.717) is 41.9 Å². The van der Waals surface area contributed by atoms with E-state index in [0.717, 1.165) is 0 Å². The van der Waals surface area contributed by atoms with E-state index in [1.54, 1.807) is 55.6 Å². The highest BCUT2D eigenvalue weighted by Gasteiger charge is 2.23. The van der Waals surface area contributed by atoms with Gasteiger partial charge >= 0.3 is 12.0 Å². The van der Waals surface area contributed by atoms with Gasteiger partial charge in [-0.2, -0.15) is 0 Å². The Labute approximate surface area is 161 Å². The molecule has 0 aromatic heterocycles. The van der Waals surface area contributed by atoms with Gasteiger partial charge in [0.2, 0.25) is 0 Å². The van der Waals surface area contributed by atoms with E-state index < -0.39 is 12.0 Å². The van der Waals surface area contributed by atoms with Crippen LogP contribution in [0.3, 0.4) is 0 Å². The van der Waals surface area contributed by atoms with Crippen LogP contribution in [0, 0.1) is 0 Å². The van der Waals surface area contributed by atoms with Gasteiger partial charge in [0.1, 0.15) is 17.2 Å². The minimum Gasteiger partial charge on any atom is -0.497 e. The third-order valence-corrected chi connectivity index (χ3v) is 5.85. The highest BCUT2D eigenvalue weighted by atomic mass is 35.8. The number of hydrogen-bond acceptors (Lipinski definition) is 4. The molecule has 0 N–H and O–H groups in total. The Hall–Kier alpha value is -1.40. The van der Waals surface area contributed by atoms with Crippen LogP contribution in [0.2, 0.25) is 6.04 Å². The van der Waals surface area contributed by atoms with Crippen molar-refractivity contribution in [1.29, 1.82) is 0 Å². The Balaban J connectivity index is 1.83. The van der Waals surface area contributed by atoms with Crippen LogP contribution in [0.5, 0.6) is 17.2 Å². The maximum atomic E-state index is 12.1. The number of methoxy groups -OCH3 is 1. The lowest BCUT2D eigenvalue weighted by Crippen LogP contribution is -2.10. The smallest absolute Gasteiger partial charge is 0.343 e. The first kappa shape index (κ1) is 19.9. The van der Waals surface area contributed by atoms with Gasteiger partial charge in [-0.25, -0.2) is 4.79 Å². The van der Waals surface area contributed by atoms with Crippen LogP contribution in [0.15, 0.2) is 48.5 Å². The van der Waals surface area contributed by atoms with E-state index in [4.69, 9.17) is 47.4 Å². The molecule has 0 radical (unpaired) electrons. The number of carbonyl (C=O) groups excluding carboxylic acids is 1. The highest BCUT2D eigenvalue weighted by Crippen LogP contribution is 2.26. The molecule has 0 unspecified atom stereocenters.